The van der Waals surface area contributed by atoms with Crippen LogP contribution in [0, 0.1) is 17.8 Å². The molecule has 0 fully saturated rings. The Bertz CT molecular complexity index is 379. The van der Waals surface area contributed by atoms with Gasteiger partial charge in [-0.25, -0.2) is 0 Å². The fourth-order valence-corrected chi connectivity index (χ4v) is 1.65. The maximum absolute atomic E-state index is 11.8. The minimum Gasteiger partial charge on any atom is -0.354 e. The highest BCUT2D eigenvalue weighted by Gasteiger charge is 2.17. The van der Waals surface area contributed by atoms with Crippen LogP contribution in [-0.2, 0) is 14.4 Å². The number of carbonyl (C=O) groups excluding carboxylic acids is 3. The Hall–Kier alpha value is -1.59. The summed E-state index contributed by atoms with van der Waals surface area (Å²) < 4.78 is 0. The molecule has 0 aromatic carbocycles. The van der Waals surface area contributed by atoms with E-state index < -0.39 is 0 Å². The lowest BCUT2D eigenvalue weighted by Crippen LogP contribution is -2.51. The van der Waals surface area contributed by atoms with Crippen molar-refractivity contribution >= 4 is 17.7 Å². The molecule has 22 heavy (non-hydrogen) atoms. The first-order valence-electron chi connectivity index (χ1n) is 7.98. The maximum atomic E-state index is 11.8. The van der Waals surface area contributed by atoms with Crippen LogP contribution in [0.1, 0.15) is 48.0 Å². The van der Waals surface area contributed by atoms with Gasteiger partial charge in [-0.15, -0.1) is 0 Å². The van der Waals surface area contributed by atoms with Gasteiger partial charge in [0.1, 0.15) is 0 Å². The minimum absolute atomic E-state index is 0.0472. The van der Waals surface area contributed by atoms with Crippen molar-refractivity contribution in [2.45, 2.75) is 54.0 Å². The van der Waals surface area contributed by atoms with E-state index in [9.17, 15) is 14.4 Å². The second kappa shape index (κ2) is 10.2. The van der Waals surface area contributed by atoms with Gasteiger partial charge >= 0.3 is 0 Å². The van der Waals surface area contributed by atoms with Crippen molar-refractivity contribution in [1.29, 1.82) is 0 Å². The van der Waals surface area contributed by atoms with Crippen LogP contribution in [0.15, 0.2) is 0 Å². The molecule has 0 aromatic heterocycles. The van der Waals surface area contributed by atoms with Crippen molar-refractivity contribution in [3.63, 3.8) is 0 Å². The molecule has 0 saturated carbocycles. The maximum Gasteiger partial charge on any atom is 0.222 e. The van der Waals surface area contributed by atoms with Crippen LogP contribution < -0.4 is 16.0 Å². The number of hydrogen-bond acceptors (Lipinski definition) is 3. The lowest BCUT2D eigenvalue weighted by Gasteiger charge is -2.22. The molecule has 0 heterocycles. The molecule has 0 saturated heterocycles. The molecular formula is C16H31N3O3. The molecule has 0 aliphatic carbocycles. The smallest absolute Gasteiger partial charge is 0.222 e. The van der Waals surface area contributed by atoms with Crippen LogP contribution in [0.2, 0.25) is 0 Å². The quantitative estimate of drug-likeness (QED) is 0.595. The van der Waals surface area contributed by atoms with Crippen LogP contribution in [0.25, 0.3) is 0 Å². The normalized spacial score (nSPS) is 12.4. The van der Waals surface area contributed by atoms with E-state index in [4.69, 9.17) is 0 Å². The molecule has 0 spiro atoms. The molecule has 0 aliphatic heterocycles. The van der Waals surface area contributed by atoms with Crippen LogP contribution in [0.3, 0.4) is 0 Å². The van der Waals surface area contributed by atoms with Gasteiger partial charge in [0.2, 0.25) is 17.7 Å². The third kappa shape index (κ3) is 9.37. The van der Waals surface area contributed by atoms with E-state index in [2.05, 4.69) is 16.0 Å². The van der Waals surface area contributed by atoms with E-state index in [0.717, 1.165) is 0 Å². The number of hydrogen-bond donors (Lipinski definition) is 3. The molecule has 6 nitrogen and oxygen atoms in total. The number of rotatable bonds is 9. The molecule has 0 aromatic rings. The van der Waals surface area contributed by atoms with Crippen LogP contribution in [0.4, 0.5) is 0 Å². The van der Waals surface area contributed by atoms with E-state index in [1.54, 1.807) is 27.7 Å². The Labute approximate surface area is 133 Å². The lowest BCUT2D eigenvalue weighted by atomic mass is 10.1. The summed E-state index contributed by atoms with van der Waals surface area (Å²) in [5, 5.41) is 8.44. The summed E-state index contributed by atoms with van der Waals surface area (Å²) >= 11 is 0. The number of carbonyl (C=O) groups is 3. The SMILES string of the molecule is CC(C)CC(=O)NCC(CNC(=O)C(C)C)NC(=O)C(C)C. The van der Waals surface area contributed by atoms with Gasteiger partial charge in [0, 0.05) is 31.3 Å². The van der Waals surface area contributed by atoms with Gasteiger partial charge < -0.3 is 16.0 Å². The molecule has 1 unspecified atom stereocenters. The highest BCUT2D eigenvalue weighted by Crippen LogP contribution is 1.99. The minimum atomic E-state index is -0.311. The average Bonchev–Trinajstić information content (AvgIpc) is 2.39. The summed E-state index contributed by atoms with van der Waals surface area (Å²) in [5.74, 6) is -0.191. The fraction of sp³-hybridized carbons (Fsp3) is 0.812. The number of nitrogens with one attached hydrogen (secondary N) is 3. The second-order valence-electron chi connectivity index (χ2n) is 6.66. The largest absolute Gasteiger partial charge is 0.354 e. The monoisotopic (exact) mass is 313 g/mol. The summed E-state index contributed by atoms with van der Waals surface area (Å²) in [5.41, 5.74) is 0. The van der Waals surface area contributed by atoms with Crippen molar-refractivity contribution in [2.24, 2.45) is 17.8 Å². The van der Waals surface area contributed by atoms with Gasteiger partial charge in [-0.1, -0.05) is 41.5 Å². The molecule has 0 radical (unpaired) electrons. The van der Waals surface area contributed by atoms with Crippen molar-refractivity contribution < 1.29 is 14.4 Å². The summed E-state index contributed by atoms with van der Waals surface area (Å²) in [6.45, 7) is 11.8. The van der Waals surface area contributed by atoms with E-state index >= 15 is 0 Å². The second-order valence-corrected chi connectivity index (χ2v) is 6.66. The summed E-state index contributed by atoms with van der Waals surface area (Å²) in [7, 11) is 0. The fourth-order valence-electron chi connectivity index (χ4n) is 1.65. The van der Waals surface area contributed by atoms with E-state index in [0.29, 0.717) is 19.5 Å². The molecule has 3 N–H and O–H groups in total. The summed E-state index contributed by atoms with van der Waals surface area (Å²) in [4.78, 5) is 35.2. The Morgan fingerprint density at radius 2 is 1.27 bits per heavy atom. The van der Waals surface area contributed by atoms with Crippen LogP contribution in [-0.4, -0.2) is 36.9 Å². The zero-order chi connectivity index (χ0) is 17.3. The first kappa shape index (κ1) is 20.4. The van der Waals surface area contributed by atoms with Crippen LogP contribution in [0.5, 0.6) is 0 Å². The molecule has 6 heteroatoms. The predicted octanol–water partition coefficient (Wildman–Crippen LogP) is 1.06. The standard InChI is InChI=1S/C16H31N3O3/c1-10(2)7-14(20)17-8-13(19-16(22)12(5)6)9-18-15(21)11(3)4/h10-13H,7-9H2,1-6H3,(H,17,20)(H,18,21)(H,19,22). The van der Waals surface area contributed by atoms with Gasteiger partial charge in [0.25, 0.3) is 0 Å². The van der Waals surface area contributed by atoms with Crippen molar-refractivity contribution in [3.05, 3.63) is 0 Å². The van der Waals surface area contributed by atoms with Crippen molar-refractivity contribution in [3.8, 4) is 0 Å². The van der Waals surface area contributed by atoms with Crippen molar-refractivity contribution in [2.75, 3.05) is 13.1 Å². The lowest BCUT2D eigenvalue weighted by molar-refractivity contribution is -0.127. The molecule has 1 atom stereocenters. The predicted molar refractivity (Wildman–Crippen MR) is 87.1 cm³/mol. The van der Waals surface area contributed by atoms with E-state index in [-0.39, 0.29) is 41.5 Å². The first-order valence-corrected chi connectivity index (χ1v) is 7.98. The molecule has 128 valence electrons. The third-order valence-corrected chi connectivity index (χ3v) is 3.06. The molecule has 0 bridgehead atoms. The van der Waals surface area contributed by atoms with Gasteiger partial charge in [-0.05, 0) is 5.92 Å². The van der Waals surface area contributed by atoms with Gasteiger partial charge in [-0.3, -0.25) is 14.4 Å². The Kier molecular flexibility index (Phi) is 9.45. The van der Waals surface area contributed by atoms with Crippen molar-refractivity contribution in [1.82, 2.24) is 16.0 Å². The zero-order valence-corrected chi connectivity index (χ0v) is 14.7. The van der Waals surface area contributed by atoms with Crippen LogP contribution >= 0.6 is 0 Å². The first-order chi connectivity index (χ1) is 10.1. The molecule has 0 aliphatic rings. The average molecular weight is 313 g/mol. The number of amides is 3. The van der Waals surface area contributed by atoms with E-state index in [1.165, 1.54) is 0 Å². The Balaban J connectivity index is 4.48. The highest BCUT2D eigenvalue weighted by molar-refractivity contribution is 5.80. The molecular weight excluding hydrogens is 282 g/mol. The molecule has 0 rings (SSSR count). The highest BCUT2D eigenvalue weighted by atomic mass is 16.2. The zero-order valence-electron chi connectivity index (χ0n) is 14.7. The Morgan fingerprint density at radius 1 is 0.773 bits per heavy atom. The van der Waals surface area contributed by atoms with E-state index in [1.807, 2.05) is 13.8 Å². The van der Waals surface area contributed by atoms with Gasteiger partial charge in [0.15, 0.2) is 0 Å². The third-order valence-electron chi connectivity index (χ3n) is 3.06. The summed E-state index contributed by atoms with van der Waals surface area (Å²) in [6, 6.07) is -0.311. The Morgan fingerprint density at radius 3 is 1.73 bits per heavy atom. The topological polar surface area (TPSA) is 87.3 Å². The summed E-state index contributed by atoms with van der Waals surface area (Å²) in [6.07, 6.45) is 0.448. The van der Waals surface area contributed by atoms with Gasteiger partial charge in [0.05, 0.1) is 6.04 Å². The van der Waals surface area contributed by atoms with Gasteiger partial charge in [-0.2, -0.15) is 0 Å². The molecule has 3 amide bonds.